The lowest BCUT2D eigenvalue weighted by Gasteiger charge is -2.21. The molecule has 0 aliphatic carbocycles. The molecule has 0 aliphatic rings. The predicted octanol–water partition coefficient (Wildman–Crippen LogP) is 1.74. The Hall–Kier alpha value is -1.29. The van der Waals surface area contributed by atoms with Crippen molar-refractivity contribution in [3.8, 4) is 0 Å². The van der Waals surface area contributed by atoms with Crippen molar-refractivity contribution in [1.82, 2.24) is 9.29 Å². The van der Waals surface area contributed by atoms with Crippen LogP contribution >= 0.6 is 22.7 Å². The Labute approximate surface area is 137 Å². The fourth-order valence-corrected chi connectivity index (χ4v) is 4.99. The van der Waals surface area contributed by atoms with Gasteiger partial charge >= 0.3 is 0 Å². The summed E-state index contributed by atoms with van der Waals surface area (Å²) in [5, 5.41) is 12.4. The highest BCUT2D eigenvalue weighted by Crippen LogP contribution is 2.22. The highest BCUT2D eigenvalue weighted by molar-refractivity contribution is 7.91. The lowest BCUT2D eigenvalue weighted by Crippen LogP contribution is -2.37. The molecule has 1 amide bonds. The lowest BCUT2D eigenvalue weighted by atomic mass is 10.2. The molecular formula is C13H16N2O4S3. The summed E-state index contributed by atoms with van der Waals surface area (Å²) in [5.74, 6) is -0.477. The summed E-state index contributed by atoms with van der Waals surface area (Å²) >= 11 is 2.50. The Balaban J connectivity index is 2.13. The first kappa shape index (κ1) is 17.1. The van der Waals surface area contributed by atoms with E-state index in [0.717, 1.165) is 21.3 Å². The number of aromatic nitrogens is 1. The molecule has 0 spiro atoms. The van der Waals surface area contributed by atoms with Crippen LogP contribution in [0.15, 0.2) is 32.6 Å². The summed E-state index contributed by atoms with van der Waals surface area (Å²) in [6.45, 7) is -0.192. The van der Waals surface area contributed by atoms with Gasteiger partial charge in [0.1, 0.15) is 4.21 Å². The van der Waals surface area contributed by atoms with E-state index in [1.165, 1.54) is 17.4 Å². The maximum atomic E-state index is 12.5. The normalized spacial score (nSPS) is 11.5. The van der Waals surface area contributed by atoms with E-state index in [1.54, 1.807) is 17.0 Å². The number of aliphatic hydroxyl groups is 1. The minimum atomic E-state index is -3.85. The van der Waals surface area contributed by atoms with Crippen molar-refractivity contribution >= 4 is 38.6 Å². The molecule has 2 aromatic rings. The molecule has 120 valence electrons. The molecule has 1 N–H and O–H groups in total. The van der Waals surface area contributed by atoms with Gasteiger partial charge in [0.2, 0.25) is 5.91 Å². The second kappa shape index (κ2) is 7.82. The van der Waals surface area contributed by atoms with Gasteiger partial charge in [-0.3, -0.25) is 4.79 Å². The fourth-order valence-electron chi connectivity index (χ4n) is 1.83. The van der Waals surface area contributed by atoms with Crippen LogP contribution in [0.3, 0.4) is 0 Å². The second-order valence-electron chi connectivity index (χ2n) is 4.46. The zero-order valence-corrected chi connectivity index (χ0v) is 14.2. The Morgan fingerprint density at radius 1 is 1.41 bits per heavy atom. The van der Waals surface area contributed by atoms with Crippen molar-refractivity contribution < 1.29 is 18.3 Å². The number of aliphatic hydroxyl groups excluding tert-OH is 1. The van der Waals surface area contributed by atoms with E-state index in [2.05, 4.69) is 4.98 Å². The largest absolute Gasteiger partial charge is 0.396 e. The van der Waals surface area contributed by atoms with Gasteiger partial charge in [-0.2, -0.15) is 0 Å². The molecule has 0 radical (unpaired) electrons. The van der Waals surface area contributed by atoms with Gasteiger partial charge in [0.15, 0.2) is 0 Å². The molecule has 0 aliphatic heterocycles. The van der Waals surface area contributed by atoms with E-state index in [9.17, 15) is 13.2 Å². The quantitative estimate of drug-likeness (QED) is 0.775. The van der Waals surface area contributed by atoms with Gasteiger partial charge < -0.3 is 5.11 Å². The van der Waals surface area contributed by atoms with Crippen LogP contribution in [0, 0.1) is 0 Å². The van der Waals surface area contributed by atoms with E-state index < -0.39 is 15.9 Å². The third kappa shape index (κ3) is 4.13. The third-order valence-electron chi connectivity index (χ3n) is 2.92. The van der Waals surface area contributed by atoms with E-state index in [0.29, 0.717) is 6.42 Å². The Morgan fingerprint density at radius 3 is 2.82 bits per heavy atom. The Morgan fingerprint density at radius 2 is 2.23 bits per heavy atom. The first-order valence-electron chi connectivity index (χ1n) is 6.62. The zero-order valence-electron chi connectivity index (χ0n) is 11.7. The summed E-state index contributed by atoms with van der Waals surface area (Å²) in [5.41, 5.74) is 2.44. The van der Waals surface area contributed by atoms with Crippen LogP contribution in [0.2, 0.25) is 0 Å². The number of nitrogens with zero attached hydrogens (tertiary/aromatic N) is 2. The second-order valence-corrected chi connectivity index (χ2v) is 8.22. The van der Waals surface area contributed by atoms with Crippen molar-refractivity contribution in [2.24, 2.45) is 0 Å². The first-order valence-corrected chi connectivity index (χ1v) is 9.89. The molecule has 0 saturated carbocycles. The van der Waals surface area contributed by atoms with Crippen LogP contribution in [0.25, 0.3) is 0 Å². The first-order chi connectivity index (χ1) is 10.6. The number of thiophene rings is 1. The predicted molar refractivity (Wildman–Crippen MR) is 85.4 cm³/mol. The van der Waals surface area contributed by atoms with Gasteiger partial charge in [0, 0.05) is 25.0 Å². The zero-order chi connectivity index (χ0) is 16.0. The number of aryl methyl sites for hydroxylation is 1. The van der Waals surface area contributed by atoms with Crippen molar-refractivity contribution in [2.45, 2.75) is 23.5 Å². The molecule has 0 aromatic carbocycles. The van der Waals surface area contributed by atoms with Crippen molar-refractivity contribution in [2.75, 3.05) is 13.2 Å². The average molecular weight is 360 g/mol. The number of hydrogen-bond acceptors (Lipinski definition) is 7. The molecule has 0 unspecified atom stereocenters. The molecule has 9 heteroatoms. The smallest absolute Gasteiger partial charge is 0.275 e. The molecule has 22 heavy (non-hydrogen) atoms. The summed E-state index contributed by atoms with van der Waals surface area (Å²) in [4.78, 5) is 16.4. The van der Waals surface area contributed by atoms with E-state index in [4.69, 9.17) is 5.11 Å². The Kier molecular flexibility index (Phi) is 6.07. The molecular weight excluding hydrogens is 344 g/mol. The lowest BCUT2D eigenvalue weighted by molar-refractivity contribution is -0.126. The number of amides is 1. The number of carbonyl (C=O) groups excluding carboxylic acids is 1. The number of rotatable bonds is 8. The van der Waals surface area contributed by atoms with Crippen LogP contribution in [0.4, 0.5) is 0 Å². The van der Waals surface area contributed by atoms with Gasteiger partial charge in [-0.15, -0.1) is 22.7 Å². The maximum absolute atomic E-state index is 12.5. The van der Waals surface area contributed by atoms with Gasteiger partial charge in [-0.25, -0.2) is 17.7 Å². The summed E-state index contributed by atoms with van der Waals surface area (Å²) < 4.78 is 26.0. The van der Waals surface area contributed by atoms with Crippen molar-refractivity contribution in [1.29, 1.82) is 0 Å². The summed E-state index contributed by atoms with van der Waals surface area (Å²) in [6, 6.07) is 3.10. The van der Waals surface area contributed by atoms with Gasteiger partial charge in [-0.05, 0) is 24.3 Å². The van der Waals surface area contributed by atoms with Crippen molar-refractivity contribution in [3.63, 3.8) is 0 Å². The summed E-state index contributed by atoms with van der Waals surface area (Å²) in [7, 11) is -3.85. The van der Waals surface area contributed by atoms with Crippen molar-refractivity contribution in [3.05, 3.63) is 34.1 Å². The number of carbonyl (C=O) groups is 1. The third-order valence-corrected chi connectivity index (χ3v) is 6.74. The van der Waals surface area contributed by atoms with Crippen LogP contribution in [0.1, 0.15) is 18.5 Å². The standard InChI is InChI=1S/C13H16N2O4S3/c16-7-2-6-15(22(18,19)13-3-1-8-21-13)12(17)5-4-11-9-20-10-14-11/h1,3,8-10,16H,2,4-7H2. The van der Waals surface area contributed by atoms with Gasteiger partial charge in [0.25, 0.3) is 10.0 Å². The molecule has 2 aromatic heterocycles. The molecule has 2 heterocycles. The average Bonchev–Trinajstić information content (AvgIpc) is 3.18. The minimum Gasteiger partial charge on any atom is -0.396 e. The molecule has 0 saturated heterocycles. The summed E-state index contributed by atoms with van der Waals surface area (Å²) in [6.07, 6.45) is 0.685. The van der Waals surface area contributed by atoms with Gasteiger partial charge in [0.05, 0.1) is 11.2 Å². The van der Waals surface area contributed by atoms with E-state index in [1.807, 2.05) is 5.38 Å². The highest BCUT2D eigenvalue weighted by atomic mass is 32.2. The van der Waals surface area contributed by atoms with Crippen LogP contribution in [-0.2, 0) is 21.2 Å². The number of thiazole rings is 1. The molecule has 0 atom stereocenters. The topological polar surface area (TPSA) is 87.6 Å². The Bertz CT molecular complexity index is 681. The minimum absolute atomic E-state index is 0.0212. The molecule has 2 rings (SSSR count). The fraction of sp³-hybridized carbons (Fsp3) is 0.385. The molecule has 0 fully saturated rings. The molecule has 0 bridgehead atoms. The SMILES string of the molecule is O=C(CCc1cscn1)N(CCCO)S(=O)(=O)c1cccs1. The van der Waals surface area contributed by atoms with Crippen LogP contribution < -0.4 is 0 Å². The van der Waals surface area contributed by atoms with Crippen LogP contribution in [-0.4, -0.2) is 41.9 Å². The van der Waals surface area contributed by atoms with Crippen LogP contribution in [0.5, 0.6) is 0 Å². The van der Waals surface area contributed by atoms with E-state index in [-0.39, 0.29) is 30.2 Å². The molecule has 6 nitrogen and oxygen atoms in total. The number of sulfonamides is 1. The number of hydrogen-bond donors (Lipinski definition) is 1. The maximum Gasteiger partial charge on any atom is 0.275 e. The van der Waals surface area contributed by atoms with Gasteiger partial charge in [-0.1, -0.05) is 6.07 Å². The highest BCUT2D eigenvalue weighted by Gasteiger charge is 2.29. The van der Waals surface area contributed by atoms with E-state index >= 15 is 0 Å². The monoisotopic (exact) mass is 360 g/mol.